The number of nitrogens with zero attached hydrogens (tertiary/aromatic N) is 2. The normalized spacial score (nSPS) is 10.6. The van der Waals surface area contributed by atoms with Gasteiger partial charge in [0.05, 0.1) is 12.1 Å². The van der Waals surface area contributed by atoms with Crippen molar-refractivity contribution in [2.24, 2.45) is 0 Å². The predicted molar refractivity (Wildman–Crippen MR) is 71.9 cm³/mol. The van der Waals surface area contributed by atoms with Crippen LogP contribution in [0.25, 0.3) is 0 Å². The van der Waals surface area contributed by atoms with Gasteiger partial charge in [0.2, 0.25) is 0 Å². The minimum absolute atomic E-state index is 0.110. The standard InChI is InChI=1S/C13H13ClN2O3/c1-2-15-5-6-16(13(15)19)8-10-4-3-9(12(17)18)7-11(10)14/h3-7H,2,8H2,1H3,(H,17,18). The van der Waals surface area contributed by atoms with Gasteiger partial charge in [0.1, 0.15) is 0 Å². The van der Waals surface area contributed by atoms with E-state index in [-0.39, 0.29) is 11.3 Å². The van der Waals surface area contributed by atoms with Gasteiger partial charge in [0, 0.05) is 24.0 Å². The largest absolute Gasteiger partial charge is 0.478 e. The Balaban J connectivity index is 2.31. The van der Waals surface area contributed by atoms with Crippen molar-refractivity contribution in [3.63, 3.8) is 0 Å². The fourth-order valence-corrected chi connectivity index (χ4v) is 2.05. The Bertz CT molecular complexity index is 673. The minimum Gasteiger partial charge on any atom is -0.478 e. The van der Waals surface area contributed by atoms with E-state index in [1.165, 1.54) is 16.7 Å². The third-order valence-electron chi connectivity index (χ3n) is 2.90. The number of halogens is 1. The molecule has 1 N–H and O–H groups in total. The van der Waals surface area contributed by atoms with Gasteiger partial charge in [-0.1, -0.05) is 17.7 Å². The third-order valence-corrected chi connectivity index (χ3v) is 3.25. The monoisotopic (exact) mass is 280 g/mol. The van der Waals surface area contributed by atoms with E-state index >= 15 is 0 Å². The van der Waals surface area contributed by atoms with Crippen LogP contribution >= 0.6 is 11.6 Å². The van der Waals surface area contributed by atoms with Gasteiger partial charge in [-0.25, -0.2) is 9.59 Å². The lowest BCUT2D eigenvalue weighted by Gasteiger charge is -2.06. The first-order chi connectivity index (χ1) is 9.02. The lowest BCUT2D eigenvalue weighted by atomic mass is 10.1. The highest BCUT2D eigenvalue weighted by Crippen LogP contribution is 2.18. The van der Waals surface area contributed by atoms with Crippen LogP contribution in [0.1, 0.15) is 22.8 Å². The second-order valence-corrected chi connectivity index (χ2v) is 4.51. The molecule has 0 saturated heterocycles. The summed E-state index contributed by atoms with van der Waals surface area (Å²) in [5, 5.41) is 9.20. The first-order valence-electron chi connectivity index (χ1n) is 5.80. The fourth-order valence-electron chi connectivity index (χ4n) is 1.81. The Morgan fingerprint density at radius 2 is 2.00 bits per heavy atom. The number of aryl methyl sites for hydroxylation is 1. The summed E-state index contributed by atoms with van der Waals surface area (Å²) >= 11 is 6.03. The van der Waals surface area contributed by atoms with Gasteiger partial charge >= 0.3 is 11.7 Å². The molecule has 1 heterocycles. The molecule has 0 aliphatic heterocycles. The van der Waals surface area contributed by atoms with Crippen molar-refractivity contribution in [1.82, 2.24) is 9.13 Å². The number of aromatic carboxylic acids is 1. The average Bonchev–Trinajstić information content (AvgIpc) is 2.72. The summed E-state index contributed by atoms with van der Waals surface area (Å²) in [4.78, 5) is 22.7. The maximum atomic E-state index is 11.9. The molecule has 0 fully saturated rings. The van der Waals surface area contributed by atoms with Crippen LogP contribution in [0.3, 0.4) is 0 Å². The highest BCUT2D eigenvalue weighted by Gasteiger charge is 2.09. The molecule has 0 unspecified atom stereocenters. The molecule has 0 aliphatic rings. The molecule has 0 amide bonds. The molecule has 0 spiro atoms. The number of benzene rings is 1. The van der Waals surface area contributed by atoms with E-state index in [9.17, 15) is 9.59 Å². The van der Waals surface area contributed by atoms with Crippen molar-refractivity contribution < 1.29 is 9.90 Å². The van der Waals surface area contributed by atoms with E-state index in [4.69, 9.17) is 16.7 Å². The molecule has 0 saturated carbocycles. The summed E-state index contributed by atoms with van der Waals surface area (Å²) < 4.78 is 3.12. The molecule has 0 bridgehead atoms. The molecule has 1 aromatic heterocycles. The zero-order chi connectivity index (χ0) is 14.0. The van der Waals surface area contributed by atoms with Gasteiger partial charge in [0.25, 0.3) is 0 Å². The van der Waals surface area contributed by atoms with Crippen molar-refractivity contribution in [2.45, 2.75) is 20.0 Å². The van der Waals surface area contributed by atoms with E-state index in [0.717, 1.165) is 0 Å². The number of imidazole rings is 1. The molecule has 2 rings (SSSR count). The zero-order valence-corrected chi connectivity index (χ0v) is 11.1. The molecular formula is C13H13ClN2O3. The van der Waals surface area contributed by atoms with Gasteiger partial charge in [-0.3, -0.25) is 9.13 Å². The number of carboxylic acids is 1. The second-order valence-electron chi connectivity index (χ2n) is 4.11. The van der Waals surface area contributed by atoms with Crippen LogP contribution in [0.5, 0.6) is 0 Å². The summed E-state index contributed by atoms with van der Waals surface area (Å²) in [6, 6.07) is 4.49. The lowest BCUT2D eigenvalue weighted by Crippen LogP contribution is -2.23. The maximum absolute atomic E-state index is 11.9. The number of hydrogen-bond acceptors (Lipinski definition) is 2. The van der Waals surface area contributed by atoms with Gasteiger partial charge in [0.15, 0.2) is 0 Å². The summed E-state index contributed by atoms with van der Waals surface area (Å²) in [6.45, 7) is 2.82. The predicted octanol–water partition coefficient (Wildman–Crippen LogP) is 2.07. The number of carboxylic acid groups (broad SMARTS) is 1. The molecule has 0 atom stereocenters. The molecule has 100 valence electrons. The second kappa shape index (κ2) is 5.32. The van der Waals surface area contributed by atoms with Crippen molar-refractivity contribution in [1.29, 1.82) is 0 Å². The number of carbonyl (C=O) groups is 1. The smallest absolute Gasteiger partial charge is 0.335 e. The molecule has 5 nitrogen and oxygen atoms in total. The molecule has 2 aromatic rings. The van der Waals surface area contributed by atoms with E-state index in [1.807, 2.05) is 6.92 Å². The van der Waals surface area contributed by atoms with Crippen LogP contribution in [-0.2, 0) is 13.1 Å². The van der Waals surface area contributed by atoms with Gasteiger partial charge in [-0.05, 0) is 24.6 Å². The van der Waals surface area contributed by atoms with Crippen LogP contribution < -0.4 is 5.69 Å². The molecular weight excluding hydrogens is 268 g/mol. The van der Waals surface area contributed by atoms with E-state index < -0.39 is 5.97 Å². The Hall–Kier alpha value is -2.01. The number of hydrogen-bond donors (Lipinski definition) is 1. The van der Waals surface area contributed by atoms with Crippen LogP contribution in [0.2, 0.25) is 5.02 Å². The number of aromatic nitrogens is 2. The van der Waals surface area contributed by atoms with Crippen molar-refractivity contribution >= 4 is 17.6 Å². The third kappa shape index (κ3) is 2.71. The highest BCUT2D eigenvalue weighted by atomic mass is 35.5. The summed E-state index contributed by atoms with van der Waals surface area (Å²) in [5.41, 5.74) is 0.732. The minimum atomic E-state index is -1.03. The Labute approximate surface area is 114 Å². The average molecular weight is 281 g/mol. The summed E-state index contributed by atoms with van der Waals surface area (Å²) in [6.07, 6.45) is 3.40. The van der Waals surface area contributed by atoms with Gasteiger partial charge in [-0.2, -0.15) is 0 Å². The van der Waals surface area contributed by atoms with Crippen LogP contribution in [-0.4, -0.2) is 20.2 Å². The molecule has 19 heavy (non-hydrogen) atoms. The molecule has 6 heteroatoms. The first kappa shape index (κ1) is 13.4. The Morgan fingerprint density at radius 3 is 2.53 bits per heavy atom. The van der Waals surface area contributed by atoms with Crippen LogP contribution in [0.4, 0.5) is 0 Å². The lowest BCUT2D eigenvalue weighted by molar-refractivity contribution is 0.0697. The van der Waals surface area contributed by atoms with Crippen molar-refractivity contribution in [3.8, 4) is 0 Å². The van der Waals surface area contributed by atoms with Gasteiger partial charge < -0.3 is 5.11 Å². The SMILES string of the molecule is CCn1ccn(Cc2ccc(C(=O)O)cc2Cl)c1=O. The molecule has 1 aromatic carbocycles. The van der Waals surface area contributed by atoms with Crippen LogP contribution in [0.15, 0.2) is 35.4 Å². The fraction of sp³-hybridized carbons (Fsp3) is 0.231. The highest BCUT2D eigenvalue weighted by molar-refractivity contribution is 6.31. The van der Waals surface area contributed by atoms with Crippen molar-refractivity contribution in [2.75, 3.05) is 0 Å². The summed E-state index contributed by atoms with van der Waals surface area (Å²) in [5.74, 6) is -1.03. The van der Waals surface area contributed by atoms with Crippen molar-refractivity contribution in [3.05, 3.63) is 57.2 Å². The zero-order valence-electron chi connectivity index (χ0n) is 10.3. The topological polar surface area (TPSA) is 64.2 Å². The Kier molecular flexibility index (Phi) is 3.76. The summed E-state index contributed by atoms with van der Waals surface area (Å²) in [7, 11) is 0. The molecule has 0 aliphatic carbocycles. The van der Waals surface area contributed by atoms with Gasteiger partial charge in [-0.15, -0.1) is 0 Å². The van der Waals surface area contributed by atoms with E-state index in [0.29, 0.717) is 23.7 Å². The van der Waals surface area contributed by atoms with E-state index in [2.05, 4.69) is 0 Å². The van der Waals surface area contributed by atoms with E-state index in [1.54, 1.807) is 23.0 Å². The molecule has 0 radical (unpaired) electrons. The first-order valence-corrected chi connectivity index (χ1v) is 6.18. The quantitative estimate of drug-likeness (QED) is 0.932. The Morgan fingerprint density at radius 1 is 1.32 bits per heavy atom. The maximum Gasteiger partial charge on any atom is 0.335 e. The van der Waals surface area contributed by atoms with Crippen LogP contribution in [0, 0.1) is 0 Å². The number of rotatable bonds is 4.